The molecule has 2 rings (SSSR count). The molecule has 112 valence electrons. The Morgan fingerprint density at radius 2 is 1.62 bits per heavy atom. The van der Waals surface area contributed by atoms with Crippen molar-refractivity contribution in [2.75, 3.05) is 12.4 Å². The number of benzene rings is 2. The number of alkyl halides is 1. The lowest BCUT2D eigenvalue weighted by molar-refractivity contribution is 0.412. The molecule has 0 saturated carbocycles. The molecule has 0 bridgehead atoms. The van der Waals surface area contributed by atoms with Crippen molar-refractivity contribution in [1.29, 1.82) is 0 Å². The Labute approximate surface area is 144 Å². The molecule has 0 N–H and O–H groups in total. The van der Waals surface area contributed by atoms with Crippen LogP contribution in [0.25, 0.3) is 0 Å². The van der Waals surface area contributed by atoms with Gasteiger partial charge in [0.05, 0.1) is 11.6 Å². The van der Waals surface area contributed by atoms with Crippen LogP contribution in [0.3, 0.4) is 0 Å². The minimum absolute atomic E-state index is 0.591. The number of halogens is 2. The van der Waals surface area contributed by atoms with Gasteiger partial charge in [0.25, 0.3) is 0 Å². The summed E-state index contributed by atoms with van der Waals surface area (Å²) in [4.78, 5) is 0. The molecular weight excluding hydrogens is 392 g/mol. The molecule has 0 fully saturated rings. The Bertz CT molecular complexity index is 578. The fraction of sp³-hybridized carbons (Fsp3) is 0.333. The first-order valence-electron chi connectivity index (χ1n) is 7.06. The van der Waals surface area contributed by atoms with Crippen molar-refractivity contribution in [3.8, 4) is 5.75 Å². The second-order valence-electron chi connectivity index (χ2n) is 5.38. The van der Waals surface area contributed by atoms with Crippen LogP contribution in [-0.4, -0.2) is 12.4 Å². The molecule has 0 aliphatic heterocycles. The molecule has 0 radical (unpaired) electrons. The molecule has 3 heteroatoms. The largest absolute Gasteiger partial charge is 0.496 e. The third kappa shape index (κ3) is 4.86. The summed E-state index contributed by atoms with van der Waals surface area (Å²) >= 11 is 7.21. The van der Waals surface area contributed by atoms with Crippen LogP contribution in [0.4, 0.5) is 0 Å². The van der Waals surface area contributed by atoms with Gasteiger partial charge in [0.1, 0.15) is 5.75 Å². The quantitative estimate of drug-likeness (QED) is 0.565. The summed E-state index contributed by atoms with van der Waals surface area (Å²) in [7, 11) is 1.69. The van der Waals surface area contributed by atoms with E-state index in [4.69, 9.17) is 4.74 Å². The summed E-state index contributed by atoms with van der Waals surface area (Å²) in [5.41, 5.74) is 4.05. The number of rotatable bonds is 6. The highest BCUT2D eigenvalue weighted by molar-refractivity contribution is 9.10. The Morgan fingerprint density at radius 1 is 1.00 bits per heavy atom. The van der Waals surface area contributed by atoms with Gasteiger partial charge in [-0.1, -0.05) is 51.8 Å². The van der Waals surface area contributed by atoms with E-state index in [-0.39, 0.29) is 0 Å². The average molecular weight is 412 g/mol. The van der Waals surface area contributed by atoms with Gasteiger partial charge in [-0.2, -0.15) is 0 Å². The summed E-state index contributed by atoms with van der Waals surface area (Å²) in [6.45, 7) is 2.13. The van der Waals surface area contributed by atoms with Gasteiger partial charge in [0, 0.05) is 5.33 Å². The van der Waals surface area contributed by atoms with Crippen LogP contribution in [-0.2, 0) is 12.8 Å². The first-order valence-corrected chi connectivity index (χ1v) is 8.97. The minimum atomic E-state index is 0.591. The predicted octanol–water partition coefficient (Wildman–Crippen LogP) is 5.56. The molecule has 1 unspecified atom stereocenters. The average Bonchev–Trinajstić information content (AvgIpc) is 2.49. The Hall–Kier alpha value is -0.800. The number of ether oxygens (including phenoxy) is 1. The van der Waals surface area contributed by atoms with E-state index in [0.717, 1.165) is 28.4 Å². The first kappa shape index (κ1) is 16.6. The summed E-state index contributed by atoms with van der Waals surface area (Å²) in [6.07, 6.45) is 2.15. The molecule has 1 atom stereocenters. The Balaban J connectivity index is 2.05. The Kier molecular flexibility index (Phi) is 6.31. The fourth-order valence-corrected chi connectivity index (χ4v) is 3.45. The van der Waals surface area contributed by atoms with E-state index in [1.165, 1.54) is 16.7 Å². The zero-order valence-electron chi connectivity index (χ0n) is 12.4. The van der Waals surface area contributed by atoms with Crippen molar-refractivity contribution in [2.24, 2.45) is 5.92 Å². The normalized spacial score (nSPS) is 12.2. The SMILES string of the molecule is COc1ccc(CC(CBr)Cc2ccc(C)cc2)cc1Br. The molecule has 0 saturated heterocycles. The van der Waals surface area contributed by atoms with Gasteiger partial charge in [0.15, 0.2) is 0 Å². The zero-order chi connectivity index (χ0) is 15.2. The zero-order valence-corrected chi connectivity index (χ0v) is 15.6. The van der Waals surface area contributed by atoms with E-state index in [0.29, 0.717) is 5.92 Å². The predicted molar refractivity (Wildman–Crippen MR) is 96.6 cm³/mol. The van der Waals surface area contributed by atoms with Crippen LogP contribution in [0.15, 0.2) is 46.9 Å². The molecule has 1 nitrogen and oxygen atoms in total. The minimum Gasteiger partial charge on any atom is -0.496 e. The highest BCUT2D eigenvalue weighted by Gasteiger charge is 2.11. The number of aryl methyl sites for hydroxylation is 1. The van der Waals surface area contributed by atoms with Gasteiger partial charge in [-0.3, -0.25) is 0 Å². The second-order valence-corrected chi connectivity index (χ2v) is 6.88. The van der Waals surface area contributed by atoms with Gasteiger partial charge in [-0.15, -0.1) is 0 Å². The maximum Gasteiger partial charge on any atom is 0.133 e. The lowest BCUT2D eigenvalue weighted by Gasteiger charge is -2.15. The van der Waals surface area contributed by atoms with Gasteiger partial charge in [0.2, 0.25) is 0 Å². The van der Waals surface area contributed by atoms with Crippen molar-refractivity contribution < 1.29 is 4.74 Å². The standard InChI is InChI=1S/C18H20Br2O/c1-13-3-5-14(6-4-13)9-16(12-19)10-15-7-8-18(21-2)17(20)11-15/h3-8,11,16H,9-10,12H2,1-2H3. The van der Waals surface area contributed by atoms with E-state index in [2.05, 4.69) is 75.2 Å². The monoisotopic (exact) mass is 410 g/mol. The molecule has 21 heavy (non-hydrogen) atoms. The highest BCUT2D eigenvalue weighted by Crippen LogP contribution is 2.27. The van der Waals surface area contributed by atoms with E-state index in [9.17, 15) is 0 Å². The van der Waals surface area contributed by atoms with Gasteiger partial charge >= 0.3 is 0 Å². The van der Waals surface area contributed by atoms with E-state index >= 15 is 0 Å². The van der Waals surface area contributed by atoms with Crippen molar-refractivity contribution in [3.05, 3.63) is 63.6 Å². The molecule has 0 amide bonds. The smallest absolute Gasteiger partial charge is 0.133 e. The lowest BCUT2D eigenvalue weighted by atomic mass is 9.94. The molecule has 0 spiro atoms. The van der Waals surface area contributed by atoms with Crippen molar-refractivity contribution in [2.45, 2.75) is 19.8 Å². The van der Waals surface area contributed by atoms with Crippen LogP contribution in [0.2, 0.25) is 0 Å². The molecule has 0 aliphatic rings. The number of hydrogen-bond acceptors (Lipinski definition) is 1. The van der Waals surface area contributed by atoms with Gasteiger partial charge in [-0.25, -0.2) is 0 Å². The lowest BCUT2D eigenvalue weighted by Crippen LogP contribution is -2.10. The van der Waals surface area contributed by atoms with Crippen molar-refractivity contribution in [1.82, 2.24) is 0 Å². The molecule has 0 heterocycles. The van der Waals surface area contributed by atoms with Crippen LogP contribution in [0, 0.1) is 12.8 Å². The maximum atomic E-state index is 5.28. The van der Waals surface area contributed by atoms with E-state index in [1.807, 2.05) is 6.07 Å². The highest BCUT2D eigenvalue weighted by atomic mass is 79.9. The van der Waals surface area contributed by atoms with Gasteiger partial charge in [-0.05, 0) is 64.9 Å². The molecular formula is C18H20Br2O. The van der Waals surface area contributed by atoms with Crippen molar-refractivity contribution >= 4 is 31.9 Å². The summed E-state index contributed by atoms with van der Waals surface area (Å²) in [5.74, 6) is 1.47. The summed E-state index contributed by atoms with van der Waals surface area (Å²) in [5, 5.41) is 1.00. The second kappa shape index (κ2) is 8.00. The summed E-state index contributed by atoms with van der Waals surface area (Å²) < 4.78 is 6.30. The van der Waals surface area contributed by atoms with Gasteiger partial charge < -0.3 is 4.74 Å². The third-order valence-corrected chi connectivity index (χ3v) is 5.14. The first-order chi connectivity index (χ1) is 10.1. The van der Waals surface area contributed by atoms with Crippen LogP contribution in [0.1, 0.15) is 16.7 Å². The fourth-order valence-electron chi connectivity index (χ4n) is 2.41. The van der Waals surface area contributed by atoms with Crippen molar-refractivity contribution in [3.63, 3.8) is 0 Å². The number of hydrogen-bond donors (Lipinski definition) is 0. The van der Waals surface area contributed by atoms with E-state index in [1.54, 1.807) is 7.11 Å². The van der Waals surface area contributed by atoms with Crippen LogP contribution in [0.5, 0.6) is 5.75 Å². The van der Waals surface area contributed by atoms with E-state index < -0.39 is 0 Å². The maximum absolute atomic E-state index is 5.28. The molecule has 0 aliphatic carbocycles. The molecule has 2 aromatic rings. The topological polar surface area (TPSA) is 9.23 Å². The summed E-state index contributed by atoms with van der Waals surface area (Å²) in [6, 6.07) is 15.2. The number of methoxy groups -OCH3 is 1. The van der Waals surface area contributed by atoms with Crippen LogP contribution >= 0.6 is 31.9 Å². The molecule has 2 aromatic carbocycles. The van der Waals surface area contributed by atoms with Crippen LogP contribution < -0.4 is 4.74 Å². The molecule has 0 aromatic heterocycles. The third-order valence-electron chi connectivity index (χ3n) is 3.60. The Morgan fingerprint density at radius 3 is 2.19 bits per heavy atom.